The molecule has 0 unspecified atom stereocenters. The third kappa shape index (κ3) is 2.66. The first-order chi connectivity index (χ1) is 6.75. The molecule has 0 aromatic carbocycles. The lowest BCUT2D eigenvalue weighted by Gasteiger charge is -2.00. The molecule has 0 aliphatic heterocycles. The standard InChI is InChI=1S/C11H15NOS/c1-8-6-9(7-14-8)11(13)4-5-12-10-2-3-10/h6-7,10,12H,2-5H2,1H3. The van der Waals surface area contributed by atoms with Crippen molar-refractivity contribution in [2.45, 2.75) is 32.2 Å². The van der Waals surface area contributed by atoms with Crippen molar-refractivity contribution in [3.8, 4) is 0 Å². The molecule has 76 valence electrons. The van der Waals surface area contributed by atoms with Crippen LogP contribution in [-0.2, 0) is 0 Å². The summed E-state index contributed by atoms with van der Waals surface area (Å²) < 4.78 is 0. The summed E-state index contributed by atoms with van der Waals surface area (Å²) in [6.07, 6.45) is 3.20. The summed E-state index contributed by atoms with van der Waals surface area (Å²) in [7, 11) is 0. The van der Waals surface area contributed by atoms with E-state index in [-0.39, 0.29) is 5.78 Å². The van der Waals surface area contributed by atoms with Crippen molar-refractivity contribution in [3.05, 3.63) is 21.9 Å². The zero-order chi connectivity index (χ0) is 9.97. The van der Waals surface area contributed by atoms with Gasteiger partial charge in [-0.25, -0.2) is 0 Å². The summed E-state index contributed by atoms with van der Waals surface area (Å²) in [5.41, 5.74) is 0.880. The minimum Gasteiger partial charge on any atom is -0.314 e. The highest BCUT2D eigenvalue weighted by Crippen LogP contribution is 2.19. The Balaban J connectivity index is 1.76. The lowest BCUT2D eigenvalue weighted by atomic mass is 10.1. The molecule has 1 aliphatic rings. The number of hydrogen-bond acceptors (Lipinski definition) is 3. The fourth-order valence-electron chi connectivity index (χ4n) is 1.41. The zero-order valence-corrected chi connectivity index (χ0v) is 9.19. The molecule has 0 atom stereocenters. The summed E-state index contributed by atoms with van der Waals surface area (Å²) >= 11 is 1.64. The molecule has 2 nitrogen and oxygen atoms in total. The SMILES string of the molecule is Cc1cc(C(=O)CCNC2CC2)cs1. The van der Waals surface area contributed by atoms with Crippen LogP contribution in [0.2, 0.25) is 0 Å². The van der Waals surface area contributed by atoms with Gasteiger partial charge in [0.15, 0.2) is 5.78 Å². The van der Waals surface area contributed by atoms with Crippen LogP contribution in [0.3, 0.4) is 0 Å². The van der Waals surface area contributed by atoms with Crippen LogP contribution in [0.5, 0.6) is 0 Å². The largest absolute Gasteiger partial charge is 0.314 e. The molecule has 1 aliphatic carbocycles. The maximum absolute atomic E-state index is 11.6. The Bertz CT molecular complexity index is 328. The molecule has 3 heteroatoms. The minimum absolute atomic E-state index is 0.266. The summed E-state index contributed by atoms with van der Waals surface area (Å²) in [6.45, 7) is 2.86. The van der Waals surface area contributed by atoms with Gasteiger partial charge in [0.25, 0.3) is 0 Å². The number of hydrogen-bond donors (Lipinski definition) is 1. The van der Waals surface area contributed by atoms with Crippen molar-refractivity contribution in [2.24, 2.45) is 0 Å². The van der Waals surface area contributed by atoms with Gasteiger partial charge < -0.3 is 5.32 Å². The Morgan fingerprint density at radius 1 is 1.64 bits per heavy atom. The van der Waals surface area contributed by atoms with Crippen LogP contribution in [-0.4, -0.2) is 18.4 Å². The van der Waals surface area contributed by atoms with E-state index in [1.807, 2.05) is 18.4 Å². The van der Waals surface area contributed by atoms with Crippen molar-refractivity contribution in [2.75, 3.05) is 6.54 Å². The van der Waals surface area contributed by atoms with Crippen LogP contribution < -0.4 is 5.32 Å². The molecule has 0 saturated heterocycles. The van der Waals surface area contributed by atoms with E-state index < -0.39 is 0 Å². The second-order valence-corrected chi connectivity index (χ2v) is 4.96. The van der Waals surface area contributed by atoms with E-state index in [1.165, 1.54) is 17.7 Å². The second-order valence-electron chi connectivity index (χ2n) is 3.85. The first-order valence-electron chi connectivity index (χ1n) is 5.07. The van der Waals surface area contributed by atoms with Gasteiger partial charge in [-0.05, 0) is 25.8 Å². The Hall–Kier alpha value is -0.670. The molecule has 0 amide bonds. The van der Waals surface area contributed by atoms with Gasteiger partial charge in [0, 0.05) is 34.8 Å². The maximum atomic E-state index is 11.6. The van der Waals surface area contributed by atoms with E-state index in [0.717, 1.165) is 12.1 Å². The van der Waals surface area contributed by atoms with Gasteiger partial charge >= 0.3 is 0 Å². The van der Waals surface area contributed by atoms with Gasteiger partial charge in [0.1, 0.15) is 0 Å². The Morgan fingerprint density at radius 2 is 2.43 bits per heavy atom. The number of ketones is 1. The summed E-state index contributed by atoms with van der Waals surface area (Å²) in [5, 5.41) is 5.30. The fourth-order valence-corrected chi connectivity index (χ4v) is 2.12. The molecule has 1 N–H and O–H groups in total. The topological polar surface area (TPSA) is 29.1 Å². The predicted molar refractivity (Wildman–Crippen MR) is 59.0 cm³/mol. The van der Waals surface area contributed by atoms with Crippen LogP contribution in [0, 0.1) is 6.92 Å². The van der Waals surface area contributed by atoms with E-state index in [2.05, 4.69) is 5.32 Å². The predicted octanol–water partition coefficient (Wildman–Crippen LogP) is 2.38. The Kier molecular flexibility index (Phi) is 2.99. The third-order valence-electron chi connectivity index (χ3n) is 2.41. The van der Waals surface area contributed by atoms with Gasteiger partial charge in [-0.15, -0.1) is 11.3 Å². The van der Waals surface area contributed by atoms with E-state index >= 15 is 0 Å². The molecule has 14 heavy (non-hydrogen) atoms. The molecule has 1 saturated carbocycles. The average Bonchev–Trinajstić information content (AvgIpc) is 2.87. The van der Waals surface area contributed by atoms with E-state index in [4.69, 9.17) is 0 Å². The summed E-state index contributed by atoms with van der Waals surface area (Å²) in [5.74, 6) is 0.266. The number of carbonyl (C=O) groups is 1. The van der Waals surface area contributed by atoms with E-state index in [0.29, 0.717) is 12.5 Å². The maximum Gasteiger partial charge on any atom is 0.164 e. The van der Waals surface area contributed by atoms with Crippen molar-refractivity contribution < 1.29 is 4.79 Å². The monoisotopic (exact) mass is 209 g/mol. The van der Waals surface area contributed by atoms with E-state index in [9.17, 15) is 4.79 Å². The molecule has 1 fully saturated rings. The zero-order valence-electron chi connectivity index (χ0n) is 8.38. The molecule has 0 spiro atoms. The van der Waals surface area contributed by atoms with Crippen LogP contribution in [0.1, 0.15) is 34.5 Å². The number of Topliss-reactive ketones (excluding diaryl/α,β-unsaturated/α-hetero) is 1. The molecule has 1 aromatic heterocycles. The van der Waals surface area contributed by atoms with Gasteiger partial charge in [-0.1, -0.05) is 0 Å². The molecule has 0 radical (unpaired) electrons. The second kappa shape index (κ2) is 4.24. The smallest absolute Gasteiger partial charge is 0.164 e. The van der Waals surface area contributed by atoms with E-state index in [1.54, 1.807) is 11.3 Å². The van der Waals surface area contributed by atoms with Crippen LogP contribution in [0.25, 0.3) is 0 Å². The van der Waals surface area contributed by atoms with Gasteiger partial charge in [0.2, 0.25) is 0 Å². The quantitative estimate of drug-likeness (QED) is 0.754. The van der Waals surface area contributed by atoms with Crippen molar-refractivity contribution in [1.82, 2.24) is 5.32 Å². The van der Waals surface area contributed by atoms with Crippen LogP contribution in [0.15, 0.2) is 11.4 Å². The molecular formula is C11H15NOS. The lowest BCUT2D eigenvalue weighted by Crippen LogP contribution is -2.20. The summed E-state index contributed by atoms with van der Waals surface area (Å²) in [6, 6.07) is 2.68. The van der Waals surface area contributed by atoms with Crippen molar-refractivity contribution in [1.29, 1.82) is 0 Å². The minimum atomic E-state index is 0.266. The third-order valence-corrected chi connectivity index (χ3v) is 3.28. The molecular weight excluding hydrogens is 194 g/mol. The molecule has 2 rings (SSSR count). The lowest BCUT2D eigenvalue weighted by molar-refractivity contribution is 0.0983. The van der Waals surface area contributed by atoms with Gasteiger partial charge in [-0.3, -0.25) is 4.79 Å². The van der Waals surface area contributed by atoms with Crippen LogP contribution in [0.4, 0.5) is 0 Å². The Morgan fingerprint density at radius 3 is 3.00 bits per heavy atom. The van der Waals surface area contributed by atoms with Gasteiger partial charge in [-0.2, -0.15) is 0 Å². The van der Waals surface area contributed by atoms with Crippen molar-refractivity contribution >= 4 is 17.1 Å². The molecule has 1 heterocycles. The van der Waals surface area contributed by atoms with Crippen molar-refractivity contribution in [3.63, 3.8) is 0 Å². The first-order valence-corrected chi connectivity index (χ1v) is 5.95. The van der Waals surface area contributed by atoms with Crippen LogP contribution >= 0.6 is 11.3 Å². The highest BCUT2D eigenvalue weighted by atomic mass is 32.1. The average molecular weight is 209 g/mol. The highest BCUT2D eigenvalue weighted by Gasteiger charge is 2.20. The fraction of sp³-hybridized carbons (Fsp3) is 0.545. The number of carbonyl (C=O) groups excluding carboxylic acids is 1. The molecule has 0 bridgehead atoms. The molecule has 1 aromatic rings. The highest BCUT2D eigenvalue weighted by molar-refractivity contribution is 7.10. The number of aryl methyl sites for hydroxylation is 1. The number of nitrogens with one attached hydrogen (secondary N) is 1. The van der Waals surface area contributed by atoms with Gasteiger partial charge in [0.05, 0.1) is 0 Å². The normalized spacial score (nSPS) is 15.8. The number of rotatable bonds is 5. The Labute approximate surface area is 88.3 Å². The number of thiophene rings is 1. The first kappa shape index (κ1) is 9.87. The summed E-state index contributed by atoms with van der Waals surface area (Å²) in [4.78, 5) is 12.8.